The molecule has 3 aromatic carbocycles. The number of alkyl halides is 3. The van der Waals surface area contributed by atoms with E-state index >= 15 is 0 Å². The Balaban J connectivity index is 1.77. The molecule has 0 saturated carbocycles. The van der Waals surface area contributed by atoms with Gasteiger partial charge in [-0.05, 0) is 79.6 Å². The van der Waals surface area contributed by atoms with Gasteiger partial charge in [0.25, 0.3) is 11.8 Å². The Morgan fingerprint density at radius 1 is 0.882 bits per heavy atom. The molecule has 1 aliphatic heterocycles. The molecule has 0 atom stereocenters. The SMILES string of the molecule is Cc1cc(C)cc(NC2=C(Sc3ccc(Cl)cc3)C(=O)N(c3cccc(C(F)(F)F)c3)C2=O)c1. The van der Waals surface area contributed by atoms with Crippen molar-refractivity contribution in [2.45, 2.75) is 24.9 Å². The zero-order chi connectivity index (χ0) is 24.6. The van der Waals surface area contributed by atoms with Crippen molar-refractivity contribution in [1.29, 1.82) is 0 Å². The van der Waals surface area contributed by atoms with Gasteiger partial charge in [0, 0.05) is 15.6 Å². The van der Waals surface area contributed by atoms with Crippen LogP contribution in [0.15, 0.2) is 82.2 Å². The standard InChI is InChI=1S/C25H18ClF3N2O2S/c1-14-10-15(2)12-18(11-14)30-21-22(34-20-8-6-17(26)7-9-20)24(33)31(23(21)32)19-5-3-4-16(13-19)25(27,28)29/h3-13,30H,1-2H3. The van der Waals surface area contributed by atoms with Gasteiger partial charge in [0.15, 0.2) is 0 Å². The molecule has 4 nitrogen and oxygen atoms in total. The summed E-state index contributed by atoms with van der Waals surface area (Å²) in [7, 11) is 0. The molecule has 2 amide bonds. The summed E-state index contributed by atoms with van der Waals surface area (Å²) in [5.41, 5.74) is 1.37. The molecular formula is C25H18ClF3N2O2S. The Morgan fingerprint density at radius 3 is 2.15 bits per heavy atom. The summed E-state index contributed by atoms with van der Waals surface area (Å²) in [6.45, 7) is 3.79. The highest BCUT2D eigenvalue weighted by Crippen LogP contribution is 2.39. The predicted molar refractivity (Wildman–Crippen MR) is 128 cm³/mol. The molecule has 0 spiro atoms. The summed E-state index contributed by atoms with van der Waals surface area (Å²) < 4.78 is 39.8. The number of hydrogen-bond acceptors (Lipinski definition) is 4. The minimum absolute atomic E-state index is 0.00707. The number of benzene rings is 3. The van der Waals surface area contributed by atoms with Gasteiger partial charge in [0.1, 0.15) is 10.6 Å². The fraction of sp³-hybridized carbons (Fsp3) is 0.120. The third-order valence-corrected chi connectivity index (χ3v) is 6.34. The van der Waals surface area contributed by atoms with Gasteiger partial charge in [0.05, 0.1) is 11.3 Å². The van der Waals surface area contributed by atoms with Gasteiger partial charge in [-0.1, -0.05) is 35.5 Å². The largest absolute Gasteiger partial charge is 0.416 e. The molecule has 0 aromatic heterocycles. The number of aryl methyl sites for hydroxylation is 2. The quantitative estimate of drug-likeness (QED) is 0.383. The third-order valence-electron chi connectivity index (χ3n) is 5.00. The molecule has 0 unspecified atom stereocenters. The van der Waals surface area contributed by atoms with Gasteiger partial charge in [-0.2, -0.15) is 13.2 Å². The summed E-state index contributed by atoms with van der Waals surface area (Å²) in [5, 5.41) is 3.53. The monoisotopic (exact) mass is 502 g/mol. The lowest BCUT2D eigenvalue weighted by atomic mass is 10.1. The lowest BCUT2D eigenvalue weighted by molar-refractivity contribution is -0.137. The average molecular weight is 503 g/mol. The second-order valence-electron chi connectivity index (χ2n) is 7.76. The van der Waals surface area contributed by atoms with Crippen LogP contribution in [0.25, 0.3) is 0 Å². The number of carbonyl (C=O) groups excluding carboxylic acids is 2. The summed E-state index contributed by atoms with van der Waals surface area (Å²) in [4.78, 5) is 28.2. The van der Waals surface area contributed by atoms with Crippen LogP contribution in [0, 0.1) is 13.8 Å². The van der Waals surface area contributed by atoms with Crippen molar-refractivity contribution < 1.29 is 22.8 Å². The zero-order valence-corrected chi connectivity index (χ0v) is 19.6. The van der Waals surface area contributed by atoms with E-state index in [4.69, 9.17) is 11.6 Å². The van der Waals surface area contributed by atoms with E-state index in [1.807, 2.05) is 32.0 Å². The minimum atomic E-state index is -4.61. The van der Waals surface area contributed by atoms with E-state index in [-0.39, 0.29) is 16.3 Å². The van der Waals surface area contributed by atoms with E-state index in [1.54, 1.807) is 24.3 Å². The first-order chi connectivity index (χ1) is 16.0. The van der Waals surface area contributed by atoms with Crippen molar-refractivity contribution >= 4 is 46.6 Å². The van der Waals surface area contributed by atoms with Gasteiger partial charge in [-0.15, -0.1) is 0 Å². The maximum absolute atomic E-state index is 13.4. The lowest BCUT2D eigenvalue weighted by Crippen LogP contribution is -2.32. The first-order valence-electron chi connectivity index (χ1n) is 10.1. The van der Waals surface area contributed by atoms with Crippen LogP contribution in [0.5, 0.6) is 0 Å². The van der Waals surface area contributed by atoms with E-state index < -0.39 is 23.6 Å². The van der Waals surface area contributed by atoms with Gasteiger partial charge in [-0.3, -0.25) is 9.59 Å². The average Bonchev–Trinajstić information content (AvgIpc) is 2.98. The number of thioether (sulfide) groups is 1. The highest BCUT2D eigenvalue weighted by molar-refractivity contribution is 8.04. The Morgan fingerprint density at radius 2 is 1.53 bits per heavy atom. The fourth-order valence-corrected chi connectivity index (χ4v) is 4.63. The number of halogens is 4. The van der Waals surface area contributed by atoms with Crippen molar-refractivity contribution in [3.8, 4) is 0 Å². The second kappa shape index (κ2) is 9.19. The molecule has 0 bridgehead atoms. The Hall–Kier alpha value is -3.23. The number of rotatable bonds is 5. The maximum atomic E-state index is 13.4. The lowest BCUT2D eigenvalue weighted by Gasteiger charge is -2.17. The molecule has 9 heteroatoms. The first-order valence-corrected chi connectivity index (χ1v) is 11.3. The number of hydrogen-bond donors (Lipinski definition) is 1. The number of carbonyl (C=O) groups is 2. The molecule has 0 radical (unpaired) electrons. The minimum Gasteiger partial charge on any atom is -0.350 e. The smallest absolute Gasteiger partial charge is 0.350 e. The van der Waals surface area contributed by atoms with Crippen LogP contribution in [-0.2, 0) is 15.8 Å². The first kappa shape index (κ1) is 23.9. The van der Waals surface area contributed by atoms with Crippen LogP contribution in [0.2, 0.25) is 5.02 Å². The summed E-state index contributed by atoms with van der Waals surface area (Å²) in [5.74, 6) is -1.45. The van der Waals surface area contributed by atoms with E-state index in [0.717, 1.165) is 39.9 Å². The zero-order valence-electron chi connectivity index (χ0n) is 18.0. The topological polar surface area (TPSA) is 49.4 Å². The van der Waals surface area contributed by atoms with Gasteiger partial charge < -0.3 is 5.32 Å². The van der Waals surface area contributed by atoms with Crippen LogP contribution in [-0.4, -0.2) is 11.8 Å². The van der Waals surface area contributed by atoms with Crippen LogP contribution in [0.1, 0.15) is 16.7 Å². The van der Waals surface area contributed by atoms with Crippen molar-refractivity contribution in [3.05, 3.63) is 99.0 Å². The Kier molecular flexibility index (Phi) is 6.47. The van der Waals surface area contributed by atoms with E-state index in [9.17, 15) is 22.8 Å². The molecule has 1 N–H and O–H groups in total. The summed E-state index contributed by atoms with van der Waals surface area (Å²) in [6.07, 6.45) is -4.61. The number of amides is 2. The summed E-state index contributed by atoms with van der Waals surface area (Å²) in [6, 6.07) is 16.4. The Bertz CT molecular complexity index is 1300. The molecule has 4 rings (SSSR count). The molecule has 3 aromatic rings. The van der Waals surface area contributed by atoms with E-state index in [1.165, 1.54) is 12.1 Å². The van der Waals surface area contributed by atoms with Crippen molar-refractivity contribution in [1.82, 2.24) is 0 Å². The van der Waals surface area contributed by atoms with Crippen molar-refractivity contribution in [2.75, 3.05) is 10.2 Å². The second-order valence-corrected chi connectivity index (χ2v) is 9.28. The van der Waals surface area contributed by atoms with Crippen LogP contribution >= 0.6 is 23.4 Å². The number of nitrogens with zero attached hydrogens (tertiary/aromatic N) is 1. The third kappa shape index (κ3) is 4.98. The maximum Gasteiger partial charge on any atom is 0.416 e. The molecule has 174 valence electrons. The van der Waals surface area contributed by atoms with E-state index in [2.05, 4.69) is 5.32 Å². The van der Waals surface area contributed by atoms with Crippen molar-refractivity contribution in [3.63, 3.8) is 0 Å². The van der Waals surface area contributed by atoms with Gasteiger partial charge in [-0.25, -0.2) is 4.90 Å². The van der Waals surface area contributed by atoms with E-state index in [0.29, 0.717) is 15.6 Å². The molecule has 1 aliphatic rings. The van der Waals surface area contributed by atoms with Crippen LogP contribution in [0.3, 0.4) is 0 Å². The van der Waals surface area contributed by atoms with Gasteiger partial charge in [0.2, 0.25) is 0 Å². The molecule has 0 fully saturated rings. The fourth-order valence-electron chi connectivity index (χ4n) is 3.58. The van der Waals surface area contributed by atoms with Gasteiger partial charge >= 0.3 is 6.18 Å². The normalized spacial score (nSPS) is 14.2. The van der Waals surface area contributed by atoms with Crippen LogP contribution < -0.4 is 10.2 Å². The highest BCUT2D eigenvalue weighted by Gasteiger charge is 2.41. The molecular weight excluding hydrogens is 485 g/mol. The highest BCUT2D eigenvalue weighted by atomic mass is 35.5. The number of nitrogens with one attached hydrogen (secondary N) is 1. The molecule has 34 heavy (non-hydrogen) atoms. The van der Waals surface area contributed by atoms with Crippen molar-refractivity contribution in [2.24, 2.45) is 0 Å². The number of imide groups is 1. The summed E-state index contributed by atoms with van der Waals surface area (Å²) >= 11 is 6.99. The molecule has 0 saturated heterocycles. The predicted octanol–water partition coefficient (Wildman–Crippen LogP) is 6.96. The molecule has 1 heterocycles. The Labute approximate surface area is 203 Å². The van der Waals surface area contributed by atoms with Crippen LogP contribution in [0.4, 0.5) is 24.5 Å². The molecule has 0 aliphatic carbocycles. The number of anilines is 2.